The average molecular weight is 315 g/mol. The SMILES string of the molecule is N#CCc1cc(Br)c(C(F)(F)F)nc1C(F)F. The van der Waals surface area contributed by atoms with Crippen LogP contribution in [-0.4, -0.2) is 4.98 Å². The fourth-order valence-electron chi connectivity index (χ4n) is 1.16. The van der Waals surface area contributed by atoms with E-state index < -0.39 is 34.9 Å². The van der Waals surface area contributed by atoms with Crippen molar-refractivity contribution in [1.29, 1.82) is 5.26 Å². The van der Waals surface area contributed by atoms with Gasteiger partial charge >= 0.3 is 6.18 Å². The molecule has 0 unspecified atom stereocenters. The van der Waals surface area contributed by atoms with E-state index in [4.69, 9.17) is 5.26 Å². The summed E-state index contributed by atoms with van der Waals surface area (Å²) in [5.74, 6) is 0. The Morgan fingerprint density at radius 1 is 1.41 bits per heavy atom. The second kappa shape index (κ2) is 4.96. The molecule has 0 bridgehead atoms. The van der Waals surface area contributed by atoms with Crippen LogP contribution in [0.1, 0.15) is 23.4 Å². The topological polar surface area (TPSA) is 36.7 Å². The molecule has 1 rings (SSSR count). The van der Waals surface area contributed by atoms with Crippen LogP contribution in [0.3, 0.4) is 0 Å². The molecular weight excluding hydrogens is 311 g/mol. The average Bonchev–Trinajstić information content (AvgIpc) is 2.15. The summed E-state index contributed by atoms with van der Waals surface area (Å²) in [5.41, 5.74) is -2.65. The Bertz CT molecular complexity index is 464. The van der Waals surface area contributed by atoms with Gasteiger partial charge in [-0.1, -0.05) is 0 Å². The quantitative estimate of drug-likeness (QED) is 0.777. The monoisotopic (exact) mass is 314 g/mol. The van der Waals surface area contributed by atoms with Gasteiger partial charge in [0.15, 0.2) is 5.69 Å². The molecule has 0 aliphatic rings. The maximum atomic E-state index is 12.5. The number of alkyl halides is 5. The van der Waals surface area contributed by atoms with Crippen molar-refractivity contribution in [2.75, 3.05) is 0 Å². The van der Waals surface area contributed by atoms with Crippen LogP contribution >= 0.6 is 15.9 Å². The number of rotatable bonds is 2. The van der Waals surface area contributed by atoms with Crippen LogP contribution in [0.4, 0.5) is 22.0 Å². The van der Waals surface area contributed by atoms with E-state index in [0.717, 1.165) is 6.07 Å². The fourth-order valence-corrected chi connectivity index (χ4v) is 1.75. The largest absolute Gasteiger partial charge is 0.434 e. The summed E-state index contributed by atoms with van der Waals surface area (Å²) < 4.78 is 61.8. The second-order valence-electron chi connectivity index (χ2n) is 3.00. The Morgan fingerprint density at radius 2 is 2.00 bits per heavy atom. The maximum absolute atomic E-state index is 12.5. The number of nitrogens with zero attached hydrogens (tertiary/aromatic N) is 2. The summed E-state index contributed by atoms with van der Waals surface area (Å²) in [7, 11) is 0. The molecule has 92 valence electrons. The van der Waals surface area contributed by atoms with Crippen LogP contribution in [0.5, 0.6) is 0 Å². The van der Waals surface area contributed by atoms with Crippen molar-refractivity contribution in [3.63, 3.8) is 0 Å². The van der Waals surface area contributed by atoms with Gasteiger partial charge in [-0.05, 0) is 27.6 Å². The third-order valence-electron chi connectivity index (χ3n) is 1.83. The molecule has 1 aromatic rings. The molecule has 0 saturated carbocycles. The molecule has 0 N–H and O–H groups in total. The van der Waals surface area contributed by atoms with E-state index in [2.05, 4.69) is 20.9 Å². The van der Waals surface area contributed by atoms with Crippen LogP contribution in [-0.2, 0) is 12.6 Å². The van der Waals surface area contributed by atoms with E-state index in [1.165, 1.54) is 0 Å². The summed E-state index contributed by atoms with van der Waals surface area (Å²) in [6, 6.07) is 2.44. The van der Waals surface area contributed by atoms with E-state index in [1.807, 2.05) is 0 Å². The lowest BCUT2D eigenvalue weighted by atomic mass is 10.1. The van der Waals surface area contributed by atoms with Gasteiger partial charge in [-0.3, -0.25) is 0 Å². The molecule has 0 aliphatic carbocycles. The van der Waals surface area contributed by atoms with Crippen molar-refractivity contribution in [2.45, 2.75) is 19.0 Å². The molecule has 17 heavy (non-hydrogen) atoms. The summed E-state index contributed by atoms with van der Waals surface area (Å²) in [6.45, 7) is 0. The molecule has 1 aromatic heterocycles. The summed E-state index contributed by atoms with van der Waals surface area (Å²) in [4.78, 5) is 2.89. The minimum absolute atomic E-state index is 0.220. The minimum Gasteiger partial charge on any atom is -0.241 e. The zero-order valence-corrected chi connectivity index (χ0v) is 9.61. The van der Waals surface area contributed by atoms with E-state index >= 15 is 0 Å². The van der Waals surface area contributed by atoms with Crippen molar-refractivity contribution in [2.24, 2.45) is 0 Å². The van der Waals surface area contributed by atoms with Gasteiger partial charge in [0, 0.05) is 4.47 Å². The van der Waals surface area contributed by atoms with Gasteiger partial charge in [0.05, 0.1) is 12.5 Å². The fraction of sp³-hybridized carbons (Fsp3) is 0.333. The minimum atomic E-state index is -4.83. The normalized spacial score (nSPS) is 11.6. The lowest BCUT2D eigenvalue weighted by Gasteiger charge is -2.12. The molecule has 0 spiro atoms. The predicted molar refractivity (Wildman–Crippen MR) is 51.2 cm³/mol. The van der Waals surface area contributed by atoms with Crippen molar-refractivity contribution in [3.05, 3.63) is 27.5 Å². The predicted octanol–water partition coefficient (Wildman–Crippen LogP) is 3.87. The third kappa shape index (κ3) is 3.12. The number of halogens is 6. The lowest BCUT2D eigenvalue weighted by molar-refractivity contribution is -0.142. The van der Waals surface area contributed by atoms with E-state index in [9.17, 15) is 22.0 Å². The molecule has 0 radical (unpaired) electrons. The Morgan fingerprint density at radius 3 is 2.41 bits per heavy atom. The number of nitriles is 1. The Balaban J connectivity index is 3.41. The van der Waals surface area contributed by atoms with Crippen LogP contribution in [0.25, 0.3) is 0 Å². The smallest absolute Gasteiger partial charge is 0.241 e. The van der Waals surface area contributed by atoms with E-state index in [1.54, 1.807) is 6.07 Å². The Hall–Kier alpha value is -1.23. The molecule has 8 heteroatoms. The molecule has 0 amide bonds. The Labute approximate surface area is 101 Å². The summed E-state index contributed by atoms with van der Waals surface area (Å²) in [6.07, 6.45) is -8.41. The van der Waals surface area contributed by atoms with Crippen LogP contribution in [0.15, 0.2) is 10.5 Å². The molecule has 0 aliphatic heterocycles. The maximum Gasteiger partial charge on any atom is 0.434 e. The third-order valence-corrected chi connectivity index (χ3v) is 2.44. The van der Waals surface area contributed by atoms with E-state index in [-0.39, 0.29) is 5.56 Å². The van der Waals surface area contributed by atoms with Gasteiger partial charge in [0.25, 0.3) is 6.43 Å². The first-order chi connectivity index (χ1) is 7.77. The summed E-state index contributed by atoms with van der Waals surface area (Å²) in [5, 5.41) is 8.39. The molecular formula is C9H4BrF5N2. The molecule has 0 saturated heterocycles. The Kier molecular flexibility index (Phi) is 4.03. The zero-order valence-electron chi connectivity index (χ0n) is 8.02. The highest BCUT2D eigenvalue weighted by Crippen LogP contribution is 2.36. The van der Waals surface area contributed by atoms with Gasteiger partial charge in [-0.2, -0.15) is 18.4 Å². The number of hydrogen-bond donors (Lipinski definition) is 0. The van der Waals surface area contributed by atoms with Crippen molar-refractivity contribution in [1.82, 2.24) is 4.98 Å². The first-order valence-corrected chi connectivity index (χ1v) is 4.98. The van der Waals surface area contributed by atoms with Gasteiger partial charge in [-0.25, -0.2) is 13.8 Å². The van der Waals surface area contributed by atoms with Crippen molar-refractivity contribution < 1.29 is 22.0 Å². The molecule has 1 heterocycles. The van der Waals surface area contributed by atoms with Crippen LogP contribution < -0.4 is 0 Å². The number of hydrogen-bond acceptors (Lipinski definition) is 2. The molecule has 0 fully saturated rings. The zero-order chi connectivity index (χ0) is 13.2. The second-order valence-corrected chi connectivity index (χ2v) is 3.85. The van der Waals surface area contributed by atoms with Crippen molar-refractivity contribution >= 4 is 15.9 Å². The van der Waals surface area contributed by atoms with Gasteiger partial charge in [0.2, 0.25) is 0 Å². The highest BCUT2D eigenvalue weighted by Gasteiger charge is 2.36. The van der Waals surface area contributed by atoms with Gasteiger partial charge in [0.1, 0.15) is 5.69 Å². The molecule has 2 nitrogen and oxygen atoms in total. The lowest BCUT2D eigenvalue weighted by Crippen LogP contribution is -2.12. The van der Waals surface area contributed by atoms with Crippen LogP contribution in [0, 0.1) is 11.3 Å². The van der Waals surface area contributed by atoms with Gasteiger partial charge in [-0.15, -0.1) is 0 Å². The summed E-state index contributed by atoms with van der Waals surface area (Å²) >= 11 is 2.60. The standard InChI is InChI=1S/C9H4BrF5N2/c10-5-3-4(1-2-16)6(8(11)12)17-7(5)9(13,14)15/h3,8H,1H2. The number of aromatic nitrogens is 1. The van der Waals surface area contributed by atoms with Crippen molar-refractivity contribution in [3.8, 4) is 6.07 Å². The molecule has 0 atom stereocenters. The number of pyridine rings is 1. The van der Waals surface area contributed by atoms with Gasteiger partial charge < -0.3 is 0 Å². The highest BCUT2D eigenvalue weighted by atomic mass is 79.9. The first-order valence-electron chi connectivity index (χ1n) is 4.19. The van der Waals surface area contributed by atoms with E-state index in [0.29, 0.717) is 0 Å². The highest BCUT2D eigenvalue weighted by molar-refractivity contribution is 9.10. The van der Waals surface area contributed by atoms with Crippen LogP contribution in [0.2, 0.25) is 0 Å². The first kappa shape index (κ1) is 13.8. The molecule has 0 aromatic carbocycles.